The molecule has 2 aromatic carbocycles. The normalized spacial score (nSPS) is 10.3. The summed E-state index contributed by atoms with van der Waals surface area (Å²) in [6, 6.07) is 9.99. The minimum Gasteiger partial charge on any atom is -0.497 e. The summed E-state index contributed by atoms with van der Waals surface area (Å²) in [5, 5.41) is 0. The van der Waals surface area contributed by atoms with Crippen molar-refractivity contribution in [3.8, 4) is 23.0 Å². The Kier molecular flexibility index (Phi) is 10.9. The van der Waals surface area contributed by atoms with Gasteiger partial charge in [-0.25, -0.2) is 9.59 Å². The van der Waals surface area contributed by atoms with E-state index in [0.29, 0.717) is 60.6 Å². The van der Waals surface area contributed by atoms with E-state index in [2.05, 4.69) is 0 Å². The maximum absolute atomic E-state index is 12.0. The van der Waals surface area contributed by atoms with Gasteiger partial charge in [-0.2, -0.15) is 0 Å². The van der Waals surface area contributed by atoms with Crippen LogP contribution in [0, 0.1) is 0 Å². The van der Waals surface area contributed by atoms with Crippen molar-refractivity contribution in [3.05, 3.63) is 47.5 Å². The van der Waals surface area contributed by atoms with Crippen LogP contribution in [0.3, 0.4) is 0 Å². The van der Waals surface area contributed by atoms with Crippen molar-refractivity contribution >= 4 is 11.9 Å². The van der Waals surface area contributed by atoms with Gasteiger partial charge in [0.25, 0.3) is 0 Å². The summed E-state index contributed by atoms with van der Waals surface area (Å²) in [6.07, 6.45) is 2.49. The van der Waals surface area contributed by atoms with Gasteiger partial charge in [-0.3, -0.25) is 0 Å². The number of carbonyl (C=O) groups is 2. The average molecular weight is 461 g/mol. The fraction of sp³-hybridized carbons (Fsp3) is 0.440. The number of unbranched alkanes of at least 4 members (excludes halogenated alkanes) is 2. The molecular formula is C25H32O8. The number of esters is 2. The third-order valence-corrected chi connectivity index (χ3v) is 4.58. The maximum atomic E-state index is 12.0. The van der Waals surface area contributed by atoms with Crippen LogP contribution in [0.1, 0.15) is 53.8 Å². The van der Waals surface area contributed by atoms with E-state index in [1.54, 1.807) is 50.2 Å². The van der Waals surface area contributed by atoms with Crippen LogP contribution < -0.4 is 18.9 Å². The van der Waals surface area contributed by atoms with Gasteiger partial charge in [0.2, 0.25) is 0 Å². The zero-order valence-electron chi connectivity index (χ0n) is 19.7. The van der Waals surface area contributed by atoms with Crippen molar-refractivity contribution in [1.29, 1.82) is 0 Å². The molecule has 0 fully saturated rings. The van der Waals surface area contributed by atoms with Crippen molar-refractivity contribution in [1.82, 2.24) is 0 Å². The summed E-state index contributed by atoms with van der Waals surface area (Å²) in [5.41, 5.74) is 0.778. The molecule has 0 atom stereocenters. The van der Waals surface area contributed by atoms with Gasteiger partial charge in [0, 0.05) is 12.1 Å². The number of ether oxygens (including phenoxy) is 6. The van der Waals surface area contributed by atoms with Crippen molar-refractivity contribution in [2.24, 2.45) is 0 Å². The van der Waals surface area contributed by atoms with E-state index in [-0.39, 0.29) is 0 Å². The first kappa shape index (κ1) is 25.8. The highest BCUT2D eigenvalue weighted by molar-refractivity contribution is 5.91. The molecule has 0 N–H and O–H groups in total. The highest BCUT2D eigenvalue weighted by atomic mass is 16.5. The Morgan fingerprint density at radius 3 is 1.36 bits per heavy atom. The van der Waals surface area contributed by atoms with Crippen LogP contribution in [0.5, 0.6) is 23.0 Å². The summed E-state index contributed by atoms with van der Waals surface area (Å²) in [5.74, 6) is 1.34. The minimum atomic E-state index is -0.415. The molecule has 0 spiro atoms. The largest absolute Gasteiger partial charge is 0.497 e. The molecule has 0 aromatic heterocycles. The summed E-state index contributed by atoms with van der Waals surface area (Å²) >= 11 is 0. The molecule has 0 aliphatic carbocycles. The highest BCUT2D eigenvalue weighted by Gasteiger charge is 2.12. The Morgan fingerprint density at radius 2 is 1.00 bits per heavy atom. The van der Waals surface area contributed by atoms with Gasteiger partial charge in [0.05, 0.1) is 51.8 Å². The minimum absolute atomic E-state index is 0.300. The van der Waals surface area contributed by atoms with E-state index in [0.717, 1.165) is 19.3 Å². The Balaban J connectivity index is 1.78. The molecule has 0 amide bonds. The van der Waals surface area contributed by atoms with Gasteiger partial charge in [-0.15, -0.1) is 0 Å². The van der Waals surface area contributed by atoms with Crippen LogP contribution >= 0.6 is 0 Å². The predicted octanol–water partition coefficient (Wildman–Crippen LogP) is 4.69. The predicted molar refractivity (Wildman–Crippen MR) is 123 cm³/mol. The zero-order valence-corrected chi connectivity index (χ0v) is 19.7. The van der Waals surface area contributed by atoms with E-state index < -0.39 is 11.9 Å². The van der Waals surface area contributed by atoms with Gasteiger partial charge in [-0.05, 0) is 57.4 Å². The monoisotopic (exact) mass is 460 g/mol. The molecule has 8 nitrogen and oxygen atoms in total. The smallest absolute Gasteiger partial charge is 0.338 e. The zero-order chi connectivity index (χ0) is 24.1. The van der Waals surface area contributed by atoms with Gasteiger partial charge < -0.3 is 28.4 Å². The fourth-order valence-electron chi connectivity index (χ4n) is 2.97. The molecular weight excluding hydrogens is 428 g/mol. The first-order valence-corrected chi connectivity index (χ1v) is 11.0. The lowest BCUT2D eigenvalue weighted by Gasteiger charge is -2.11. The van der Waals surface area contributed by atoms with E-state index in [9.17, 15) is 9.59 Å². The molecule has 0 saturated heterocycles. The van der Waals surface area contributed by atoms with Crippen LogP contribution in [-0.2, 0) is 9.47 Å². The Hall–Kier alpha value is -3.42. The number of benzene rings is 2. The number of hydrogen-bond acceptors (Lipinski definition) is 8. The van der Waals surface area contributed by atoms with Crippen LogP contribution in [0.2, 0.25) is 0 Å². The van der Waals surface area contributed by atoms with E-state index in [1.165, 1.54) is 14.2 Å². The molecule has 0 unspecified atom stereocenters. The first-order valence-electron chi connectivity index (χ1n) is 11.0. The lowest BCUT2D eigenvalue weighted by atomic mass is 10.2. The molecule has 0 saturated carbocycles. The van der Waals surface area contributed by atoms with E-state index in [4.69, 9.17) is 28.4 Å². The molecule has 0 bridgehead atoms. The third kappa shape index (κ3) is 8.56. The molecule has 2 rings (SSSR count). The van der Waals surface area contributed by atoms with Gasteiger partial charge in [0.15, 0.2) is 0 Å². The molecule has 0 radical (unpaired) electrons. The Morgan fingerprint density at radius 1 is 0.606 bits per heavy atom. The number of hydrogen-bond donors (Lipinski definition) is 0. The average Bonchev–Trinajstić information content (AvgIpc) is 2.83. The number of carbonyl (C=O) groups excluding carboxylic acids is 2. The lowest BCUT2D eigenvalue weighted by Crippen LogP contribution is -2.07. The van der Waals surface area contributed by atoms with Crippen LogP contribution in [-0.4, -0.2) is 52.6 Å². The summed E-state index contributed by atoms with van der Waals surface area (Å²) in [6.45, 7) is 5.09. The Labute approximate surface area is 194 Å². The maximum Gasteiger partial charge on any atom is 0.338 e. The van der Waals surface area contributed by atoms with Crippen molar-refractivity contribution in [3.63, 3.8) is 0 Å². The second-order valence-corrected chi connectivity index (χ2v) is 6.99. The van der Waals surface area contributed by atoms with Crippen molar-refractivity contribution < 1.29 is 38.0 Å². The topological polar surface area (TPSA) is 89.5 Å². The SMILES string of the molecule is CCOC(=O)c1cc(OC)cc(OCCCCCOc2cc(OC)cc(C(=O)OCC)c2)c1. The van der Waals surface area contributed by atoms with Crippen molar-refractivity contribution in [2.75, 3.05) is 40.6 Å². The standard InChI is InChI=1S/C25H32O8/c1-5-30-24(26)18-12-20(28-3)16-22(14-18)32-10-8-7-9-11-33-23-15-19(25(27)31-6-2)13-21(17-23)29-4/h12-17H,5-11H2,1-4H3. The van der Waals surface area contributed by atoms with Crippen LogP contribution in [0.25, 0.3) is 0 Å². The van der Waals surface area contributed by atoms with E-state index >= 15 is 0 Å². The molecule has 0 aliphatic heterocycles. The second-order valence-electron chi connectivity index (χ2n) is 6.99. The lowest BCUT2D eigenvalue weighted by molar-refractivity contribution is 0.0516. The summed E-state index contributed by atoms with van der Waals surface area (Å²) < 4.78 is 32.1. The Bertz CT molecular complexity index is 836. The summed E-state index contributed by atoms with van der Waals surface area (Å²) in [4.78, 5) is 24.0. The third-order valence-electron chi connectivity index (χ3n) is 4.58. The molecule has 0 aliphatic rings. The number of rotatable bonds is 14. The van der Waals surface area contributed by atoms with Crippen LogP contribution in [0.15, 0.2) is 36.4 Å². The number of methoxy groups -OCH3 is 2. The van der Waals surface area contributed by atoms with E-state index in [1.807, 2.05) is 0 Å². The fourth-order valence-corrected chi connectivity index (χ4v) is 2.97. The molecule has 8 heteroatoms. The first-order chi connectivity index (χ1) is 16.0. The van der Waals surface area contributed by atoms with Gasteiger partial charge in [-0.1, -0.05) is 0 Å². The van der Waals surface area contributed by atoms with Crippen LogP contribution in [0.4, 0.5) is 0 Å². The second kappa shape index (κ2) is 13.9. The quantitative estimate of drug-likeness (QED) is 0.296. The molecule has 0 heterocycles. The molecule has 180 valence electrons. The van der Waals surface area contributed by atoms with Crippen molar-refractivity contribution in [2.45, 2.75) is 33.1 Å². The van der Waals surface area contributed by atoms with Gasteiger partial charge in [0.1, 0.15) is 23.0 Å². The molecule has 2 aromatic rings. The molecule has 33 heavy (non-hydrogen) atoms. The highest BCUT2D eigenvalue weighted by Crippen LogP contribution is 2.25. The van der Waals surface area contributed by atoms with Gasteiger partial charge >= 0.3 is 11.9 Å². The summed E-state index contributed by atoms with van der Waals surface area (Å²) in [7, 11) is 3.07.